The Kier molecular flexibility index (Phi) is 5.86. The van der Waals surface area contributed by atoms with Crippen LogP contribution >= 0.6 is 24.0 Å². The quantitative estimate of drug-likeness (QED) is 0.459. The summed E-state index contributed by atoms with van der Waals surface area (Å²) in [5, 5.41) is 6.78. The average Bonchev–Trinajstić information content (AvgIpc) is 3.07. The minimum atomic E-state index is 0. The molecule has 0 spiro atoms. The SMILES string of the molecule is CCNC(=NCCC1CC1)NC1CC1C.I. The molecule has 0 aromatic carbocycles. The maximum Gasteiger partial charge on any atom is 0.191 e. The lowest BCUT2D eigenvalue weighted by Crippen LogP contribution is -2.39. The van der Waals surface area contributed by atoms with Gasteiger partial charge in [-0.25, -0.2) is 0 Å². The number of hydrogen-bond acceptors (Lipinski definition) is 1. The number of hydrogen-bond donors (Lipinski definition) is 2. The van der Waals surface area contributed by atoms with E-state index in [9.17, 15) is 0 Å². The number of halogens is 1. The van der Waals surface area contributed by atoms with Crippen molar-refractivity contribution in [3.05, 3.63) is 0 Å². The van der Waals surface area contributed by atoms with Gasteiger partial charge in [0.25, 0.3) is 0 Å². The van der Waals surface area contributed by atoms with Crippen LogP contribution in [-0.4, -0.2) is 25.1 Å². The number of rotatable bonds is 5. The molecule has 0 aromatic rings. The van der Waals surface area contributed by atoms with Crippen molar-refractivity contribution in [1.29, 1.82) is 0 Å². The molecular weight excluding hydrogens is 313 g/mol. The smallest absolute Gasteiger partial charge is 0.191 e. The van der Waals surface area contributed by atoms with E-state index >= 15 is 0 Å². The molecule has 2 aliphatic rings. The van der Waals surface area contributed by atoms with Crippen LogP contribution in [0.5, 0.6) is 0 Å². The minimum Gasteiger partial charge on any atom is -0.357 e. The van der Waals surface area contributed by atoms with Gasteiger partial charge in [0, 0.05) is 19.1 Å². The first-order valence-electron chi connectivity index (χ1n) is 6.34. The topological polar surface area (TPSA) is 36.4 Å². The summed E-state index contributed by atoms with van der Waals surface area (Å²) in [5.41, 5.74) is 0. The van der Waals surface area contributed by atoms with Crippen molar-refractivity contribution in [1.82, 2.24) is 10.6 Å². The van der Waals surface area contributed by atoms with Crippen LogP contribution in [0.4, 0.5) is 0 Å². The van der Waals surface area contributed by atoms with E-state index in [0.29, 0.717) is 6.04 Å². The summed E-state index contributed by atoms with van der Waals surface area (Å²) in [5.74, 6) is 2.83. The first-order valence-corrected chi connectivity index (χ1v) is 6.34. The standard InChI is InChI=1S/C12H23N3.HI/c1-3-13-12(15-11-8-9(11)2)14-7-6-10-4-5-10;/h9-11H,3-8H2,1-2H3,(H2,13,14,15);1H. The van der Waals surface area contributed by atoms with Crippen molar-refractivity contribution < 1.29 is 0 Å². The monoisotopic (exact) mass is 337 g/mol. The highest BCUT2D eigenvalue weighted by molar-refractivity contribution is 14.0. The molecule has 2 fully saturated rings. The Morgan fingerprint density at radius 3 is 2.56 bits per heavy atom. The Balaban J connectivity index is 0.00000128. The van der Waals surface area contributed by atoms with Gasteiger partial charge >= 0.3 is 0 Å². The molecule has 16 heavy (non-hydrogen) atoms. The van der Waals surface area contributed by atoms with Gasteiger partial charge in [0.15, 0.2) is 5.96 Å². The molecule has 0 saturated heterocycles. The highest BCUT2D eigenvalue weighted by Gasteiger charge is 2.33. The first kappa shape index (κ1) is 14.1. The van der Waals surface area contributed by atoms with E-state index in [1.165, 1.54) is 25.7 Å². The predicted octanol–water partition coefficient (Wildman–Crippen LogP) is 2.37. The molecule has 2 unspecified atom stereocenters. The third kappa shape index (κ3) is 4.89. The Morgan fingerprint density at radius 1 is 1.38 bits per heavy atom. The fourth-order valence-electron chi connectivity index (χ4n) is 1.78. The van der Waals surface area contributed by atoms with E-state index in [4.69, 9.17) is 0 Å². The Labute approximate surface area is 116 Å². The molecule has 2 aliphatic carbocycles. The van der Waals surface area contributed by atoms with E-state index in [-0.39, 0.29) is 24.0 Å². The van der Waals surface area contributed by atoms with Gasteiger partial charge in [-0.15, -0.1) is 24.0 Å². The summed E-state index contributed by atoms with van der Waals surface area (Å²) in [7, 11) is 0. The largest absolute Gasteiger partial charge is 0.357 e. The first-order chi connectivity index (χ1) is 7.29. The molecule has 0 aromatic heterocycles. The van der Waals surface area contributed by atoms with Gasteiger partial charge in [0.2, 0.25) is 0 Å². The lowest BCUT2D eigenvalue weighted by molar-refractivity contribution is 0.718. The van der Waals surface area contributed by atoms with E-state index in [1.54, 1.807) is 0 Å². The molecule has 2 atom stereocenters. The van der Waals surface area contributed by atoms with E-state index < -0.39 is 0 Å². The van der Waals surface area contributed by atoms with Crippen LogP contribution in [-0.2, 0) is 0 Å². The third-order valence-electron chi connectivity index (χ3n) is 3.28. The van der Waals surface area contributed by atoms with Gasteiger partial charge < -0.3 is 10.6 Å². The van der Waals surface area contributed by atoms with Crippen LogP contribution in [0.15, 0.2) is 4.99 Å². The van der Waals surface area contributed by atoms with Gasteiger partial charge in [0.05, 0.1) is 0 Å². The fourth-order valence-corrected chi connectivity index (χ4v) is 1.78. The third-order valence-corrected chi connectivity index (χ3v) is 3.28. The molecule has 0 heterocycles. The Bertz CT molecular complexity index is 238. The van der Waals surface area contributed by atoms with Crippen LogP contribution in [0, 0.1) is 11.8 Å². The fraction of sp³-hybridized carbons (Fsp3) is 0.917. The zero-order valence-electron chi connectivity index (χ0n) is 10.3. The average molecular weight is 337 g/mol. The van der Waals surface area contributed by atoms with Gasteiger partial charge in [-0.3, -0.25) is 4.99 Å². The van der Waals surface area contributed by atoms with Crippen molar-refractivity contribution in [2.75, 3.05) is 13.1 Å². The molecular formula is C12H24IN3. The number of nitrogens with one attached hydrogen (secondary N) is 2. The second kappa shape index (κ2) is 6.67. The van der Waals surface area contributed by atoms with Crippen LogP contribution in [0.1, 0.15) is 39.5 Å². The summed E-state index contributed by atoms with van der Waals surface area (Å²) in [6.45, 7) is 6.34. The second-order valence-corrected chi connectivity index (χ2v) is 4.96. The minimum absolute atomic E-state index is 0. The maximum atomic E-state index is 4.60. The molecule has 0 aliphatic heterocycles. The van der Waals surface area contributed by atoms with Crippen molar-refractivity contribution in [3.63, 3.8) is 0 Å². The van der Waals surface area contributed by atoms with E-state index in [0.717, 1.165) is 30.9 Å². The van der Waals surface area contributed by atoms with Crippen LogP contribution in [0.3, 0.4) is 0 Å². The van der Waals surface area contributed by atoms with Crippen molar-refractivity contribution in [2.24, 2.45) is 16.8 Å². The molecule has 4 heteroatoms. The number of nitrogens with zero attached hydrogens (tertiary/aromatic N) is 1. The van der Waals surface area contributed by atoms with Gasteiger partial charge in [-0.05, 0) is 31.6 Å². The second-order valence-electron chi connectivity index (χ2n) is 4.96. The molecule has 2 rings (SSSR count). The van der Waals surface area contributed by atoms with E-state index in [1.807, 2.05) is 0 Å². The number of aliphatic imine (C=N–C) groups is 1. The van der Waals surface area contributed by atoms with Crippen LogP contribution < -0.4 is 10.6 Å². The zero-order chi connectivity index (χ0) is 10.7. The normalized spacial score (nSPS) is 28.2. The van der Waals surface area contributed by atoms with Crippen molar-refractivity contribution in [3.8, 4) is 0 Å². The van der Waals surface area contributed by atoms with Gasteiger partial charge in [-0.2, -0.15) is 0 Å². The number of guanidine groups is 1. The Morgan fingerprint density at radius 2 is 2.06 bits per heavy atom. The van der Waals surface area contributed by atoms with Crippen molar-refractivity contribution >= 4 is 29.9 Å². The Hall–Kier alpha value is 0. The van der Waals surface area contributed by atoms with Crippen LogP contribution in [0.2, 0.25) is 0 Å². The lowest BCUT2D eigenvalue weighted by atomic mass is 10.3. The summed E-state index contributed by atoms with van der Waals surface area (Å²) in [6, 6.07) is 0.670. The zero-order valence-corrected chi connectivity index (χ0v) is 12.7. The van der Waals surface area contributed by atoms with Gasteiger partial charge in [0.1, 0.15) is 0 Å². The molecule has 2 N–H and O–H groups in total. The summed E-state index contributed by atoms with van der Waals surface area (Å²) in [4.78, 5) is 4.60. The highest BCUT2D eigenvalue weighted by atomic mass is 127. The summed E-state index contributed by atoms with van der Waals surface area (Å²) in [6.07, 6.45) is 5.43. The van der Waals surface area contributed by atoms with Gasteiger partial charge in [-0.1, -0.05) is 19.8 Å². The lowest BCUT2D eigenvalue weighted by Gasteiger charge is -2.10. The molecule has 3 nitrogen and oxygen atoms in total. The molecule has 0 amide bonds. The predicted molar refractivity (Wildman–Crippen MR) is 79.4 cm³/mol. The summed E-state index contributed by atoms with van der Waals surface area (Å²) >= 11 is 0. The van der Waals surface area contributed by atoms with Crippen molar-refractivity contribution in [2.45, 2.75) is 45.6 Å². The van der Waals surface area contributed by atoms with E-state index in [2.05, 4.69) is 29.5 Å². The molecule has 0 bridgehead atoms. The van der Waals surface area contributed by atoms with Crippen LogP contribution in [0.25, 0.3) is 0 Å². The summed E-state index contributed by atoms with van der Waals surface area (Å²) < 4.78 is 0. The highest BCUT2D eigenvalue weighted by Crippen LogP contribution is 2.32. The molecule has 0 radical (unpaired) electrons. The maximum absolute atomic E-state index is 4.60. The molecule has 94 valence electrons. The molecule has 2 saturated carbocycles.